The lowest BCUT2D eigenvalue weighted by Crippen LogP contribution is -2.25. The van der Waals surface area contributed by atoms with Crippen LogP contribution < -0.4 is 19.6 Å². The second-order valence-corrected chi connectivity index (χ2v) is 7.21. The lowest BCUT2D eigenvalue weighted by atomic mass is 9.97. The number of hydrogen-bond donors (Lipinski definition) is 0. The van der Waals surface area contributed by atoms with Crippen LogP contribution in [0.2, 0.25) is 0 Å². The molecule has 0 unspecified atom stereocenters. The van der Waals surface area contributed by atoms with Gasteiger partial charge in [-0.05, 0) is 52.0 Å². The Balaban J connectivity index is 1.91. The van der Waals surface area contributed by atoms with E-state index in [4.69, 9.17) is 18.6 Å². The molecule has 0 aliphatic rings. The topological polar surface area (TPSA) is 75.0 Å². The van der Waals surface area contributed by atoms with Crippen LogP contribution in [0.3, 0.4) is 0 Å². The number of carbonyl (C=O) groups is 1. The van der Waals surface area contributed by atoms with E-state index in [0.717, 1.165) is 0 Å². The molecular formula is C22H22O6. The van der Waals surface area contributed by atoms with Gasteiger partial charge < -0.3 is 18.6 Å². The summed E-state index contributed by atoms with van der Waals surface area (Å²) in [6.07, 6.45) is 1.24. The first-order valence-corrected chi connectivity index (χ1v) is 8.97. The van der Waals surface area contributed by atoms with Crippen molar-refractivity contribution in [2.45, 2.75) is 27.7 Å². The normalized spacial score (nSPS) is 11.3. The maximum absolute atomic E-state index is 12.8. The Labute approximate surface area is 162 Å². The number of fused-ring (bicyclic) bond motifs is 1. The number of para-hydroxylation sites is 2. The molecule has 0 N–H and O–H groups in total. The molecule has 3 rings (SSSR count). The Morgan fingerprint density at radius 2 is 1.75 bits per heavy atom. The summed E-state index contributed by atoms with van der Waals surface area (Å²) in [6.45, 7) is 7.63. The van der Waals surface area contributed by atoms with Crippen LogP contribution in [0.4, 0.5) is 0 Å². The first-order chi connectivity index (χ1) is 13.3. The molecule has 146 valence electrons. The van der Waals surface area contributed by atoms with Crippen molar-refractivity contribution in [3.63, 3.8) is 0 Å². The van der Waals surface area contributed by atoms with Crippen LogP contribution in [0, 0.1) is 5.41 Å². The van der Waals surface area contributed by atoms with Gasteiger partial charge in [-0.25, -0.2) is 0 Å². The molecule has 0 aliphatic heterocycles. The van der Waals surface area contributed by atoms with Crippen LogP contribution in [0.5, 0.6) is 23.0 Å². The Kier molecular flexibility index (Phi) is 5.40. The first kappa shape index (κ1) is 19.5. The van der Waals surface area contributed by atoms with Gasteiger partial charge in [0.2, 0.25) is 11.2 Å². The fourth-order valence-electron chi connectivity index (χ4n) is 2.41. The van der Waals surface area contributed by atoms with Crippen molar-refractivity contribution in [3.8, 4) is 23.0 Å². The van der Waals surface area contributed by atoms with Gasteiger partial charge in [0.15, 0.2) is 11.5 Å². The SMILES string of the molecule is CCOc1ccccc1Oc1coc2cc(OC(=O)C(C)(C)C)ccc2c1=O. The lowest BCUT2D eigenvalue weighted by molar-refractivity contribution is -0.142. The van der Waals surface area contributed by atoms with E-state index in [0.29, 0.717) is 34.8 Å². The minimum atomic E-state index is -0.637. The molecule has 2 aromatic carbocycles. The summed E-state index contributed by atoms with van der Waals surface area (Å²) < 4.78 is 22.1. The quantitative estimate of drug-likeness (QED) is 0.460. The maximum atomic E-state index is 12.8. The Morgan fingerprint density at radius 3 is 2.43 bits per heavy atom. The molecule has 0 bridgehead atoms. The number of benzene rings is 2. The summed E-state index contributed by atoms with van der Waals surface area (Å²) in [5, 5.41) is 0.321. The summed E-state index contributed by atoms with van der Waals surface area (Å²) in [7, 11) is 0. The van der Waals surface area contributed by atoms with Crippen molar-refractivity contribution in [2.24, 2.45) is 5.41 Å². The monoisotopic (exact) mass is 382 g/mol. The second kappa shape index (κ2) is 7.76. The third-order valence-corrected chi connectivity index (χ3v) is 3.91. The molecule has 0 saturated heterocycles. The zero-order chi connectivity index (χ0) is 20.3. The van der Waals surface area contributed by atoms with Crippen molar-refractivity contribution in [1.82, 2.24) is 0 Å². The van der Waals surface area contributed by atoms with Gasteiger partial charge in [0, 0.05) is 6.07 Å². The minimum Gasteiger partial charge on any atom is -0.490 e. The maximum Gasteiger partial charge on any atom is 0.316 e. The second-order valence-electron chi connectivity index (χ2n) is 7.21. The molecule has 0 saturated carbocycles. The Hall–Kier alpha value is -3.28. The zero-order valence-corrected chi connectivity index (χ0v) is 16.3. The molecule has 0 aliphatic carbocycles. The predicted molar refractivity (Wildman–Crippen MR) is 105 cm³/mol. The highest BCUT2D eigenvalue weighted by atomic mass is 16.5. The van der Waals surface area contributed by atoms with Crippen LogP contribution in [0.1, 0.15) is 27.7 Å². The van der Waals surface area contributed by atoms with E-state index in [2.05, 4.69) is 0 Å². The average Bonchev–Trinajstić information content (AvgIpc) is 2.65. The standard InChI is InChI=1S/C22H22O6/c1-5-25-16-8-6-7-9-17(16)28-19-13-26-18-12-14(10-11-15(18)20(19)23)27-21(24)22(2,3)4/h6-13H,5H2,1-4H3. The number of ether oxygens (including phenoxy) is 3. The molecule has 3 aromatic rings. The molecule has 6 heteroatoms. The third kappa shape index (κ3) is 4.17. The van der Waals surface area contributed by atoms with Crippen molar-refractivity contribution >= 4 is 16.9 Å². The summed E-state index contributed by atoms with van der Waals surface area (Å²) in [6, 6.07) is 11.7. The summed E-state index contributed by atoms with van der Waals surface area (Å²) in [5.41, 5.74) is -0.669. The minimum absolute atomic E-state index is 0.0408. The number of esters is 1. The van der Waals surface area contributed by atoms with Crippen LogP contribution in [0.15, 0.2) is 57.9 Å². The van der Waals surface area contributed by atoms with Crippen molar-refractivity contribution in [2.75, 3.05) is 6.61 Å². The molecule has 0 amide bonds. The van der Waals surface area contributed by atoms with E-state index >= 15 is 0 Å². The number of rotatable bonds is 5. The van der Waals surface area contributed by atoms with E-state index in [1.54, 1.807) is 51.1 Å². The Bertz CT molecular complexity index is 1060. The van der Waals surface area contributed by atoms with Gasteiger partial charge in [-0.1, -0.05) is 12.1 Å². The van der Waals surface area contributed by atoms with Gasteiger partial charge in [0.05, 0.1) is 17.4 Å². The largest absolute Gasteiger partial charge is 0.490 e. The molecule has 0 radical (unpaired) electrons. The van der Waals surface area contributed by atoms with Crippen LogP contribution in [-0.2, 0) is 4.79 Å². The van der Waals surface area contributed by atoms with Gasteiger partial charge in [-0.3, -0.25) is 9.59 Å². The van der Waals surface area contributed by atoms with E-state index in [9.17, 15) is 9.59 Å². The lowest BCUT2D eigenvalue weighted by Gasteiger charge is -2.16. The molecule has 0 spiro atoms. The van der Waals surface area contributed by atoms with Gasteiger partial charge in [-0.15, -0.1) is 0 Å². The molecule has 0 fully saturated rings. The van der Waals surface area contributed by atoms with Crippen molar-refractivity contribution in [3.05, 3.63) is 59.0 Å². The van der Waals surface area contributed by atoms with E-state index in [-0.39, 0.29) is 17.1 Å². The number of carbonyl (C=O) groups excluding carboxylic acids is 1. The van der Waals surface area contributed by atoms with E-state index in [1.807, 2.05) is 13.0 Å². The smallest absolute Gasteiger partial charge is 0.316 e. The summed E-state index contributed by atoms with van der Waals surface area (Å²) >= 11 is 0. The molecule has 0 atom stereocenters. The first-order valence-electron chi connectivity index (χ1n) is 8.97. The van der Waals surface area contributed by atoms with Gasteiger partial charge in [0.25, 0.3) is 0 Å². The molecular weight excluding hydrogens is 360 g/mol. The fraction of sp³-hybridized carbons (Fsp3) is 0.273. The highest BCUT2D eigenvalue weighted by Gasteiger charge is 2.24. The van der Waals surface area contributed by atoms with Crippen LogP contribution in [-0.4, -0.2) is 12.6 Å². The molecule has 6 nitrogen and oxygen atoms in total. The van der Waals surface area contributed by atoms with Crippen LogP contribution in [0.25, 0.3) is 11.0 Å². The highest BCUT2D eigenvalue weighted by molar-refractivity contribution is 5.82. The summed E-state index contributed by atoms with van der Waals surface area (Å²) in [5.74, 6) is 0.937. The predicted octanol–water partition coefficient (Wildman–Crippen LogP) is 4.94. The van der Waals surface area contributed by atoms with E-state index in [1.165, 1.54) is 12.3 Å². The van der Waals surface area contributed by atoms with Crippen LogP contribution >= 0.6 is 0 Å². The van der Waals surface area contributed by atoms with Crippen molar-refractivity contribution in [1.29, 1.82) is 0 Å². The van der Waals surface area contributed by atoms with Gasteiger partial charge >= 0.3 is 5.97 Å². The summed E-state index contributed by atoms with van der Waals surface area (Å²) in [4.78, 5) is 24.8. The molecule has 28 heavy (non-hydrogen) atoms. The van der Waals surface area contributed by atoms with E-state index < -0.39 is 5.41 Å². The van der Waals surface area contributed by atoms with Crippen molar-refractivity contribution < 1.29 is 23.4 Å². The van der Waals surface area contributed by atoms with Gasteiger partial charge in [0.1, 0.15) is 17.6 Å². The number of hydrogen-bond acceptors (Lipinski definition) is 6. The highest BCUT2D eigenvalue weighted by Crippen LogP contribution is 2.31. The Morgan fingerprint density at radius 1 is 1.04 bits per heavy atom. The van der Waals surface area contributed by atoms with Gasteiger partial charge in [-0.2, -0.15) is 0 Å². The third-order valence-electron chi connectivity index (χ3n) is 3.91. The zero-order valence-electron chi connectivity index (χ0n) is 16.3. The average molecular weight is 382 g/mol. The fourth-order valence-corrected chi connectivity index (χ4v) is 2.41. The molecule has 1 heterocycles. The molecule has 1 aromatic heterocycles.